The fourth-order valence-corrected chi connectivity index (χ4v) is 2.32. The smallest absolute Gasteiger partial charge is 0.0955 e. The summed E-state index contributed by atoms with van der Waals surface area (Å²) in [6, 6.07) is 8.26. The van der Waals surface area contributed by atoms with Crippen LogP contribution in [0.5, 0.6) is 0 Å². The first-order valence-electron chi connectivity index (χ1n) is 5.78. The van der Waals surface area contributed by atoms with E-state index in [1.807, 2.05) is 6.07 Å². The molecule has 2 aromatic rings. The number of nitrogens with two attached hydrogens (primary N) is 1. The lowest BCUT2D eigenvalue weighted by atomic mass is 9.97. The predicted molar refractivity (Wildman–Crippen MR) is 70.9 cm³/mol. The third kappa shape index (κ3) is 3.11. The van der Waals surface area contributed by atoms with E-state index in [4.69, 9.17) is 5.73 Å². The molecule has 1 aromatic carbocycles. The highest BCUT2D eigenvalue weighted by atomic mass is 32.1. The van der Waals surface area contributed by atoms with Gasteiger partial charge in [-0.2, -0.15) is 8.75 Å². The quantitative estimate of drug-likeness (QED) is 0.904. The summed E-state index contributed by atoms with van der Waals surface area (Å²) in [5.41, 5.74) is 9.45. The van der Waals surface area contributed by atoms with E-state index in [-0.39, 0.29) is 6.04 Å². The van der Waals surface area contributed by atoms with Gasteiger partial charge in [0.15, 0.2) is 0 Å². The van der Waals surface area contributed by atoms with Crippen LogP contribution >= 0.6 is 11.7 Å². The Morgan fingerprint density at radius 2 is 2.18 bits per heavy atom. The van der Waals surface area contributed by atoms with Crippen LogP contribution in [0.3, 0.4) is 0 Å². The van der Waals surface area contributed by atoms with Gasteiger partial charge in [0.25, 0.3) is 0 Å². The summed E-state index contributed by atoms with van der Waals surface area (Å²) >= 11 is 1.20. The Balaban J connectivity index is 2.21. The first-order valence-corrected chi connectivity index (χ1v) is 6.51. The van der Waals surface area contributed by atoms with Crippen molar-refractivity contribution in [1.29, 1.82) is 0 Å². The van der Waals surface area contributed by atoms with Gasteiger partial charge in [-0.3, -0.25) is 0 Å². The minimum absolute atomic E-state index is 0.166. The van der Waals surface area contributed by atoms with Gasteiger partial charge in [-0.25, -0.2) is 0 Å². The SMILES string of the molecule is CC(C)Cc1cccc(C(N)c2cnsn2)c1. The second-order valence-corrected chi connectivity index (χ2v) is 5.21. The Morgan fingerprint density at radius 3 is 2.82 bits per heavy atom. The van der Waals surface area contributed by atoms with Gasteiger partial charge in [0, 0.05) is 0 Å². The van der Waals surface area contributed by atoms with E-state index >= 15 is 0 Å². The first-order chi connectivity index (χ1) is 8.16. The fourth-order valence-electron chi connectivity index (χ4n) is 1.86. The third-order valence-corrected chi connectivity index (χ3v) is 3.14. The van der Waals surface area contributed by atoms with Crippen molar-refractivity contribution in [3.05, 3.63) is 47.3 Å². The van der Waals surface area contributed by atoms with Crippen molar-refractivity contribution < 1.29 is 0 Å². The molecule has 0 aliphatic carbocycles. The van der Waals surface area contributed by atoms with Crippen molar-refractivity contribution in [3.63, 3.8) is 0 Å². The average Bonchev–Trinajstić information content (AvgIpc) is 2.81. The summed E-state index contributed by atoms with van der Waals surface area (Å²) in [6.45, 7) is 4.44. The molecule has 2 rings (SSSR count). The molecule has 1 unspecified atom stereocenters. The molecule has 1 aromatic heterocycles. The lowest BCUT2D eigenvalue weighted by Gasteiger charge is -2.11. The van der Waals surface area contributed by atoms with E-state index in [1.54, 1.807) is 6.20 Å². The van der Waals surface area contributed by atoms with E-state index in [0.29, 0.717) is 5.92 Å². The van der Waals surface area contributed by atoms with Gasteiger partial charge in [-0.1, -0.05) is 38.1 Å². The van der Waals surface area contributed by atoms with Crippen LogP contribution in [0, 0.1) is 5.92 Å². The zero-order valence-electron chi connectivity index (χ0n) is 10.1. The highest BCUT2D eigenvalue weighted by Crippen LogP contribution is 2.20. The number of aromatic nitrogens is 2. The molecule has 0 spiro atoms. The Morgan fingerprint density at radius 1 is 1.35 bits per heavy atom. The maximum atomic E-state index is 6.16. The van der Waals surface area contributed by atoms with E-state index in [1.165, 1.54) is 17.3 Å². The van der Waals surface area contributed by atoms with Crippen molar-refractivity contribution in [2.75, 3.05) is 0 Å². The van der Waals surface area contributed by atoms with Crippen molar-refractivity contribution in [1.82, 2.24) is 8.75 Å². The molecule has 0 saturated heterocycles. The highest BCUT2D eigenvalue weighted by molar-refractivity contribution is 6.99. The molecule has 0 saturated carbocycles. The van der Waals surface area contributed by atoms with Crippen molar-refractivity contribution in [2.45, 2.75) is 26.3 Å². The topological polar surface area (TPSA) is 51.8 Å². The second-order valence-electron chi connectivity index (χ2n) is 4.65. The molecule has 1 heterocycles. The lowest BCUT2D eigenvalue weighted by molar-refractivity contribution is 0.646. The van der Waals surface area contributed by atoms with Crippen LogP contribution in [0.4, 0.5) is 0 Å². The molecule has 1 atom stereocenters. The van der Waals surface area contributed by atoms with E-state index in [9.17, 15) is 0 Å². The van der Waals surface area contributed by atoms with Gasteiger partial charge in [0.2, 0.25) is 0 Å². The molecule has 90 valence electrons. The number of nitrogens with zero attached hydrogens (tertiary/aromatic N) is 2. The molecule has 0 bridgehead atoms. The Labute approximate surface area is 106 Å². The number of rotatable bonds is 4. The molecule has 4 heteroatoms. The molecule has 0 amide bonds. The molecule has 0 aliphatic rings. The van der Waals surface area contributed by atoms with E-state index < -0.39 is 0 Å². The predicted octanol–water partition coefficient (Wildman–Crippen LogP) is 2.78. The monoisotopic (exact) mass is 247 g/mol. The van der Waals surface area contributed by atoms with Gasteiger partial charge >= 0.3 is 0 Å². The summed E-state index contributed by atoms with van der Waals surface area (Å²) in [4.78, 5) is 0. The van der Waals surface area contributed by atoms with Gasteiger partial charge < -0.3 is 5.73 Å². The van der Waals surface area contributed by atoms with Gasteiger partial charge in [-0.05, 0) is 23.5 Å². The van der Waals surface area contributed by atoms with Gasteiger partial charge in [-0.15, -0.1) is 0 Å². The van der Waals surface area contributed by atoms with Crippen LogP contribution in [0.1, 0.15) is 36.7 Å². The summed E-state index contributed by atoms with van der Waals surface area (Å²) in [6.07, 6.45) is 2.82. The fraction of sp³-hybridized carbons (Fsp3) is 0.385. The van der Waals surface area contributed by atoms with Crippen molar-refractivity contribution in [2.24, 2.45) is 11.7 Å². The Kier molecular flexibility index (Phi) is 3.86. The van der Waals surface area contributed by atoms with Gasteiger partial charge in [0.05, 0.1) is 29.7 Å². The van der Waals surface area contributed by atoms with Crippen LogP contribution in [0.25, 0.3) is 0 Å². The Bertz CT molecular complexity index is 465. The summed E-state index contributed by atoms with van der Waals surface area (Å²) < 4.78 is 8.18. The molecule has 3 nitrogen and oxygen atoms in total. The maximum Gasteiger partial charge on any atom is 0.0955 e. The molecular weight excluding hydrogens is 230 g/mol. The summed E-state index contributed by atoms with van der Waals surface area (Å²) in [5, 5.41) is 0. The van der Waals surface area contributed by atoms with E-state index in [2.05, 4.69) is 40.8 Å². The zero-order valence-corrected chi connectivity index (χ0v) is 10.9. The molecule has 2 N–H and O–H groups in total. The molecule has 0 fully saturated rings. The Hall–Kier alpha value is -1.26. The average molecular weight is 247 g/mol. The minimum Gasteiger partial charge on any atom is -0.319 e. The van der Waals surface area contributed by atoms with Crippen LogP contribution in [-0.4, -0.2) is 8.75 Å². The van der Waals surface area contributed by atoms with Crippen LogP contribution in [-0.2, 0) is 6.42 Å². The van der Waals surface area contributed by atoms with Crippen LogP contribution < -0.4 is 5.73 Å². The number of hydrogen-bond donors (Lipinski definition) is 1. The van der Waals surface area contributed by atoms with Gasteiger partial charge in [0.1, 0.15) is 0 Å². The van der Waals surface area contributed by atoms with Crippen LogP contribution in [0.2, 0.25) is 0 Å². The van der Waals surface area contributed by atoms with Crippen molar-refractivity contribution >= 4 is 11.7 Å². The first kappa shape index (κ1) is 12.2. The highest BCUT2D eigenvalue weighted by Gasteiger charge is 2.12. The maximum absolute atomic E-state index is 6.16. The normalized spacial score (nSPS) is 12.9. The second kappa shape index (κ2) is 5.38. The minimum atomic E-state index is -0.166. The molecule has 0 aliphatic heterocycles. The number of benzene rings is 1. The largest absolute Gasteiger partial charge is 0.319 e. The standard InChI is InChI=1S/C13H17N3S/c1-9(2)6-10-4-3-5-11(7-10)13(14)12-8-15-17-16-12/h3-5,7-9,13H,6,14H2,1-2H3. The third-order valence-electron chi connectivity index (χ3n) is 2.65. The molecular formula is C13H17N3S. The lowest BCUT2D eigenvalue weighted by Crippen LogP contribution is -2.12. The van der Waals surface area contributed by atoms with Crippen LogP contribution in [0.15, 0.2) is 30.5 Å². The molecule has 0 radical (unpaired) electrons. The molecule has 17 heavy (non-hydrogen) atoms. The van der Waals surface area contributed by atoms with E-state index in [0.717, 1.165) is 17.7 Å². The zero-order chi connectivity index (χ0) is 12.3. The summed E-state index contributed by atoms with van der Waals surface area (Å²) in [5.74, 6) is 0.655. The van der Waals surface area contributed by atoms with Crippen molar-refractivity contribution in [3.8, 4) is 0 Å². The summed E-state index contributed by atoms with van der Waals surface area (Å²) in [7, 11) is 0. The number of hydrogen-bond acceptors (Lipinski definition) is 4.